The molecule has 1 aliphatic rings. The van der Waals surface area contributed by atoms with E-state index in [-0.39, 0.29) is 18.9 Å². The average molecular weight is 475 g/mol. The Balaban J connectivity index is 1.26. The third-order valence-electron chi connectivity index (χ3n) is 5.88. The molecule has 8 nitrogen and oxygen atoms in total. The summed E-state index contributed by atoms with van der Waals surface area (Å²) >= 11 is 0. The third kappa shape index (κ3) is 5.85. The van der Waals surface area contributed by atoms with Gasteiger partial charge in [-0.3, -0.25) is 14.9 Å². The highest BCUT2D eigenvalue weighted by Crippen LogP contribution is 2.44. The fraction of sp³-hybridized carbons (Fsp3) is 0.222. The maximum Gasteiger partial charge on any atom is 0.411 e. The molecule has 8 heteroatoms. The molecule has 35 heavy (non-hydrogen) atoms. The van der Waals surface area contributed by atoms with Gasteiger partial charge in [-0.05, 0) is 53.3 Å². The number of ether oxygens (including phenoxy) is 1. The standard InChI is InChI=1S/C27H26N2O6/c1-17(26(31)32)35-29-25(30)15-12-18-10-13-19(14-11-18)28-27(33)34-16-24-22-8-4-2-6-20(22)21-7-3-5-9-23(21)24/h2-11,13-14,17,24H,12,15-16H2,1H3,(H,28,33)(H,29,30)(H,31,32). The lowest BCUT2D eigenvalue weighted by atomic mass is 9.98. The van der Waals surface area contributed by atoms with Crippen molar-refractivity contribution in [3.8, 4) is 11.1 Å². The molecule has 0 saturated carbocycles. The fourth-order valence-electron chi connectivity index (χ4n) is 4.02. The van der Waals surface area contributed by atoms with Gasteiger partial charge in [0.25, 0.3) is 0 Å². The zero-order valence-electron chi connectivity index (χ0n) is 19.2. The van der Waals surface area contributed by atoms with Crippen molar-refractivity contribution in [1.82, 2.24) is 5.48 Å². The van der Waals surface area contributed by atoms with E-state index in [2.05, 4.69) is 35.1 Å². The molecule has 1 aliphatic carbocycles. The second kappa shape index (κ2) is 10.8. The van der Waals surface area contributed by atoms with E-state index in [4.69, 9.17) is 14.7 Å². The van der Waals surface area contributed by atoms with Crippen molar-refractivity contribution in [1.29, 1.82) is 0 Å². The number of benzene rings is 3. The van der Waals surface area contributed by atoms with E-state index in [0.29, 0.717) is 12.1 Å². The topological polar surface area (TPSA) is 114 Å². The number of aliphatic carboxylic acids is 1. The summed E-state index contributed by atoms with van der Waals surface area (Å²) < 4.78 is 5.56. The molecule has 2 amide bonds. The van der Waals surface area contributed by atoms with Crippen LogP contribution >= 0.6 is 0 Å². The van der Waals surface area contributed by atoms with Crippen LogP contribution in [0.4, 0.5) is 10.5 Å². The molecule has 1 atom stereocenters. The van der Waals surface area contributed by atoms with E-state index in [9.17, 15) is 14.4 Å². The van der Waals surface area contributed by atoms with Crippen molar-refractivity contribution in [2.75, 3.05) is 11.9 Å². The lowest BCUT2D eigenvalue weighted by Gasteiger charge is -2.14. The predicted octanol–water partition coefficient (Wildman–Crippen LogP) is 4.50. The number of hydrogen-bond donors (Lipinski definition) is 3. The number of carbonyl (C=O) groups is 3. The predicted molar refractivity (Wildman–Crippen MR) is 130 cm³/mol. The summed E-state index contributed by atoms with van der Waals surface area (Å²) in [7, 11) is 0. The summed E-state index contributed by atoms with van der Waals surface area (Å²) in [6.45, 7) is 1.56. The second-order valence-electron chi connectivity index (χ2n) is 8.27. The minimum atomic E-state index is -1.16. The summed E-state index contributed by atoms with van der Waals surface area (Å²) in [5, 5.41) is 11.5. The highest BCUT2D eigenvalue weighted by Gasteiger charge is 2.29. The van der Waals surface area contributed by atoms with Gasteiger partial charge in [-0.2, -0.15) is 0 Å². The Kier molecular flexibility index (Phi) is 7.42. The Bertz CT molecular complexity index is 1180. The van der Waals surface area contributed by atoms with Crippen molar-refractivity contribution in [2.24, 2.45) is 0 Å². The largest absolute Gasteiger partial charge is 0.479 e. The smallest absolute Gasteiger partial charge is 0.411 e. The maximum absolute atomic E-state index is 12.4. The van der Waals surface area contributed by atoms with Gasteiger partial charge >= 0.3 is 12.1 Å². The lowest BCUT2D eigenvalue weighted by molar-refractivity contribution is -0.158. The monoisotopic (exact) mass is 474 g/mol. The van der Waals surface area contributed by atoms with Gasteiger partial charge in [-0.25, -0.2) is 15.1 Å². The minimum absolute atomic E-state index is 0.0101. The first-order chi connectivity index (χ1) is 16.9. The average Bonchev–Trinajstić information content (AvgIpc) is 3.19. The molecule has 0 spiro atoms. The van der Waals surface area contributed by atoms with E-state index in [0.717, 1.165) is 16.7 Å². The number of fused-ring (bicyclic) bond motifs is 3. The Morgan fingerprint density at radius 3 is 2.11 bits per heavy atom. The molecule has 1 unspecified atom stereocenters. The number of aryl methyl sites for hydroxylation is 1. The van der Waals surface area contributed by atoms with Gasteiger partial charge in [0, 0.05) is 18.0 Å². The Morgan fingerprint density at radius 1 is 0.914 bits per heavy atom. The summed E-state index contributed by atoms with van der Waals surface area (Å²) in [6, 6.07) is 23.4. The van der Waals surface area contributed by atoms with Crippen molar-refractivity contribution in [3.63, 3.8) is 0 Å². The molecule has 0 aliphatic heterocycles. The zero-order valence-corrected chi connectivity index (χ0v) is 19.2. The number of anilines is 1. The molecule has 0 heterocycles. The van der Waals surface area contributed by atoms with Crippen molar-refractivity contribution >= 4 is 23.7 Å². The van der Waals surface area contributed by atoms with Crippen molar-refractivity contribution in [3.05, 3.63) is 89.5 Å². The first-order valence-electron chi connectivity index (χ1n) is 11.3. The first-order valence-corrected chi connectivity index (χ1v) is 11.3. The highest BCUT2D eigenvalue weighted by molar-refractivity contribution is 5.85. The van der Waals surface area contributed by atoms with Gasteiger partial charge in [-0.1, -0.05) is 60.7 Å². The van der Waals surface area contributed by atoms with Gasteiger partial charge in [0.15, 0.2) is 6.10 Å². The zero-order chi connectivity index (χ0) is 24.8. The number of carbonyl (C=O) groups excluding carboxylic acids is 2. The molecule has 3 aromatic rings. The van der Waals surface area contributed by atoms with Crippen LogP contribution in [0.25, 0.3) is 11.1 Å². The molecule has 0 radical (unpaired) electrons. The number of carboxylic acid groups (broad SMARTS) is 1. The van der Waals surface area contributed by atoms with Gasteiger partial charge in [0.1, 0.15) is 6.61 Å². The normalized spacial score (nSPS) is 12.8. The molecule has 4 rings (SSSR count). The Labute approximate surface area is 202 Å². The van der Waals surface area contributed by atoms with Crippen molar-refractivity contribution in [2.45, 2.75) is 31.8 Å². The number of carboxylic acids is 1. The third-order valence-corrected chi connectivity index (χ3v) is 5.88. The first kappa shape index (κ1) is 24.0. The molecule has 0 aromatic heterocycles. The summed E-state index contributed by atoms with van der Waals surface area (Å²) in [5.74, 6) is -1.59. The van der Waals surface area contributed by atoms with Crippen LogP contribution in [0, 0.1) is 0 Å². The van der Waals surface area contributed by atoms with Crippen molar-refractivity contribution < 1.29 is 29.1 Å². The van der Waals surface area contributed by atoms with E-state index in [1.807, 2.05) is 24.3 Å². The molecular formula is C27H26N2O6. The molecular weight excluding hydrogens is 448 g/mol. The van der Waals surface area contributed by atoms with Gasteiger partial charge in [0.2, 0.25) is 5.91 Å². The van der Waals surface area contributed by atoms with Gasteiger partial charge < -0.3 is 9.84 Å². The fourth-order valence-corrected chi connectivity index (χ4v) is 4.02. The van der Waals surface area contributed by atoms with Crippen LogP contribution < -0.4 is 10.8 Å². The maximum atomic E-state index is 12.4. The lowest BCUT2D eigenvalue weighted by Crippen LogP contribution is -2.32. The van der Waals surface area contributed by atoms with Crippen LogP contribution in [-0.4, -0.2) is 35.8 Å². The Morgan fingerprint density at radius 2 is 1.51 bits per heavy atom. The summed E-state index contributed by atoms with van der Waals surface area (Å²) in [4.78, 5) is 39.7. The molecule has 0 bridgehead atoms. The van der Waals surface area contributed by atoms with E-state index in [1.165, 1.54) is 18.1 Å². The van der Waals surface area contributed by atoms with E-state index < -0.39 is 24.1 Å². The minimum Gasteiger partial charge on any atom is -0.479 e. The Hall–Kier alpha value is -4.17. The molecule has 3 aromatic carbocycles. The SMILES string of the molecule is CC(ONC(=O)CCc1ccc(NC(=O)OCC2c3ccccc3-c3ccccc32)cc1)C(=O)O. The summed E-state index contributed by atoms with van der Waals surface area (Å²) in [5.41, 5.74) is 8.23. The van der Waals surface area contributed by atoms with Crippen LogP contribution in [-0.2, 0) is 25.6 Å². The van der Waals surface area contributed by atoms with E-state index in [1.54, 1.807) is 24.3 Å². The highest BCUT2D eigenvalue weighted by atomic mass is 16.7. The van der Waals surface area contributed by atoms with Crippen LogP contribution in [0.3, 0.4) is 0 Å². The number of hydrogen-bond acceptors (Lipinski definition) is 5. The van der Waals surface area contributed by atoms with Crippen LogP contribution in [0.15, 0.2) is 72.8 Å². The van der Waals surface area contributed by atoms with Crippen LogP contribution in [0.5, 0.6) is 0 Å². The van der Waals surface area contributed by atoms with Gasteiger partial charge in [0.05, 0.1) is 0 Å². The molecule has 180 valence electrons. The van der Waals surface area contributed by atoms with E-state index >= 15 is 0 Å². The van der Waals surface area contributed by atoms with Gasteiger partial charge in [-0.15, -0.1) is 0 Å². The quantitative estimate of drug-likeness (QED) is 0.394. The number of hydroxylamine groups is 1. The number of amides is 2. The molecule has 0 fully saturated rings. The second-order valence-corrected chi connectivity index (χ2v) is 8.27. The molecule has 0 saturated heterocycles. The van der Waals surface area contributed by atoms with Crippen LogP contribution in [0.2, 0.25) is 0 Å². The molecule has 3 N–H and O–H groups in total. The number of rotatable bonds is 9. The van der Waals surface area contributed by atoms with Crippen LogP contribution in [0.1, 0.15) is 36.0 Å². The summed E-state index contributed by atoms with van der Waals surface area (Å²) in [6.07, 6.45) is -1.10. The number of nitrogens with one attached hydrogen (secondary N) is 2.